The minimum absolute atomic E-state index is 0.0600. The molecule has 0 fully saturated rings. The van der Waals surface area contributed by atoms with Gasteiger partial charge in [0.15, 0.2) is 5.82 Å². The van der Waals surface area contributed by atoms with Crippen LogP contribution in [0.4, 0.5) is 5.82 Å². The number of hydrogen-bond donors (Lipinski definition) is 2. The fourth-order valence-electron chi connectivity index (χ4n) is 1.99. The van der Waals surface area contributed by atoms with Gasteiger partial charge < -0.3 is 15.8 Å². The average Bonchev–Trinajstić information content (AvgIpc) is 2.77. The van der Waals surface area contributed by atoms with E-state index < -0.39 is 0 Å². The van der Waals surface area contributed by atoms with Crippen molar-refractivity contribution in [2.45, 2.75) is 26.3 Å². The van der Waals surface area contributed by atoms with E-state index >= 15 is 0 Å². The van der Waals surface area contributed by atoms with Crippen LogP contribution in [0.1, 0.15) is 19.0 Å². The molecule has 2 aromatic heterocycles. The molecule has 0 saturated heterocycles. The second-order valence-corrected chi connectivity index (χ2v) is 4.62. The van der Waals surface area contributed by atoms with E-state index in [1.54, 1.807) is 10.7 Å². The van der Waals surface area contributed by atoms with Crippen LogP contribution in [-0.2, 0) is 0 Å². The van der Waals surface area contributed by atoms with Crippen molar-refractivity contribution in [1.29, 1.82) is 0 Å². The number of fused-ring (bicyclic) bond motifs is 1. The highest BCUT2D eigenvalue weighted by Crippen LogP contribution is 2.20. The Kier molecular flexibility index (Phi) is 3.55. The smallest absolute Gasteiger partial charge is 0.154 e. The van der Waals surface area contributed by atoms with Gasteiger partial charge >= 0.3 is 0 Å². The van der Waals surface area contributed by atoms with Crippen molar-refractivity contribution in [3.63, 3.8) is 0 Å². The third-order valence-corrected chi connectivity index (χ3v) is 3.12. The third-order valence-electron chi connectivity index (χ3n) is 3.12. The molecule has 7 heteroatoms. The fourth-order valence-corrected chi connectivity index (χ4v) is 1.99. The van der Waals surface area contributed by atoms with Crippen LogP contribution in [0.5, 0.6) is 0 Å². The normalized spacial score (nSPS) is 13.7. The van der Waals surface area contributed by atoms with Gasteiger partial charge in [0.2, 0.25) is 0 Å². The van der Waals surface area contributed by atoms with Gasteiger partial charge in [-0.15, -0.1) is 0 Å². The monoisotopic (exact) mass is 262 g/mol. The van der Waals surface area contributed by atoms with E-state index in [0.717, 1.165) is 17.0 Å². The summed E-state index contributed by atoms with van der Waals surface area (Å²) in [7, 11) is 1.93. The Bertz CT molecular complexity index is 605. The maximum absolute atomic E-state index is 8.63. The maximum atomic E-state index is 8.63. The molecule has 0 spiro atoms. The summed E-state index contributed by atoms with van der Waals surface area (Å²) in [6, 6.07) is 2.04. The van der Waals surface area contributed by atoms with Crippen molar-refractivity contribution in [3.8, 4) is 0 Å². The van der Waals surface area contributed by atoms with Gasteiger partial charge in [-0.05, 0) is 19.9 Å². The Labute approximate surface area is 111 Å². The van der Waals surface area contributed by atoms with E-state index in [4.69, 9.17) is 10.9 Å². The molecule has 0 aliphatic rings. The van der Waals surface area contributed by atoms with Gasteiger partial charge in [-0.3, -0.25) is 0 Å². The van der Waals surface area contributed by atoms with E-state index in [1.807, 2.05) is 38.1 Å². The van der Waals surface area contributed by atoms with E-state index in [0.29, 0.717) is 6.42 Å². The molecular formula is C12H18N6O. The van der Waals surface area contributed by atoms with Gasteiger partial charge in [-0.2, -0.15) is 5.10 Å². The zero-order valence-electron chi connectivity index (χ0n) is 11.3. The summed E-state index contributed by atoms with van der Waals surface area (Å²) in [5.74, 6) is 1.03. The molecule has 0 aliphatic heterocycles. The third kappa shape index (κ3) is 2.59. The van der Waals surface area contributed by atoms with Gasteiger partial charge in [0.1, 0.15) is 11.4 Å². The lowest BCUT2D eigenvalue weighted by Crippen LogP contribution is -2.34. The predicted octanol–water partition coefficient (Wildman–Crippen LogP) is 0.999. The lowest BCUT2D eigenvalue weighted by molar-refractivity contribution is 0.316. The summed E-state index contributed by atoms with van der Waals surface area (Å²) in [4.78, 5) is 6.39. The lowest BCUT2D eigenvalue weighted by atomic mass is 10.2. The summed E-state index contributed by atoms with van der Waals surface area (Å²) >= 11 is 0. The first-order chi connectivity index (χ1) is 9.02. The molecule has 2 rings (SSSR count). The van der Waals surface area contributed by atoms with E-state index in [2.05, 4.69) is 15.2 Å². The SMILES string of the molecule is Cc1cc2c(N(C)C(C)C/C(N)=N/O)nccn2n1. The molecule has 7 nitrogen and oxygen atoms in total. The molecule has 0 saturated carbocycles. The minimum Gasteiger partial charge on any atom is -0.409 e. The highest BCUT2D eigenvalue weighted by molar-refractivity contribution is 5.81. The zero-order chi connectivity index (χ0) is 14.0. The molecule has 1 atom stereocenters. The molecule has 0 aromatic carbocycles. The Morgan fingerprint density at radius 3 is 3.05 bits per heavy atom. The van der Waals surface area contributed by atoms with Crippen LogP contribution >= 0.6 is 0 Å². The zero-order valence-corrected chi connectivity index (χ0v) is 11.3. The molecule has 2 heterocycles. The minimum atomic E-state index is 0.0600. The second kappa shape index (κ2) is 5.13. The number of hydrogen-bond acceptors (Lipinski definition) is 5. The van der Waals surface area contributed by atoms with Crippen molar-refractivity contribution in [1.82, 2.24) is 14.6 Å². The Balaban J connectivity index is 2.33. The predicted molar refractivity (Wildman–Crippen MR) is 73.6 cm³/mol. The topological polar surface area (TPSA) is 92.0 Å². The van der Waals surface area contributed by atoms with Crippen molar-refractivity contribution in [2.75, 3.05) is 11.9 Å². The van der Waals surface area contributed by atoms with Gasteiger partial charge in [-0.25, -0.2) is 9.50 Å². The van der Waals surface area contributed by atoms with Crippen molar-refractivity contribution in [2.24, 2.45) is 10.9 Å². The largest absolute Gasteiger partial charge is 0.409 e. The molecule has 0 radical (unpaired) electrons. The molecule has 3 N–H and O–H groups in total. The van der Waals surface area contributed by atoms with E-state index in [9.17, 15) is 0 Å². The molecule has 2 aromatic rings. The summed E-state index contributed by atoms with van der Waals surface area (Å²) in [5.41, 5.74) is 7.42. The highest BCUT2D eigenvalue weighted by atomic mass is 16.4. The lowest BCUT2D eigenvalue weighted by Gasteiger charge is -2.25. The fraction of sp³-hybridized carbons (Fsp3) is 0.417. The molecule has 0 amide bonds. The summed E-state index contributed by atoms with van der Waals surface area (Å²) < 4.78 is 1.80. The van der Waals surface area contributed by atoms with Crippen molar-refractivity contribution in [3.05, 3.63) is 24.2 Å². The first-order valence-corrected chi connectivity index (χ1v) is 6.03. The van der Waals surface area contributed by atoms with Crippen LogP contribution in [-0.4, -0.2) is 38.7 Å². The number of rotatable bonds is 4. The number of aromatic nitrogens is 3. The first-order valence-electron chi connectivity index (χ1n) is 6.03. The Morgan fingerprint density at radius 2 is 2.37 bits per heavy atom. The van der Waals surface area contributed by atoms with E-state index in [1.165, 1.54) is 0 Å². The molecule has 1 unspecified atom stereocenters. The number of nitrogens with zero attached hydrogens (tertiary/aromatic N) is 5. The van der Waals surface area contributed by atoms with Crippen LogP contribution in [0.2, 0.25) is 0 Å². The maximum Gasteiger partial charge on any atom is 0.154 e. The number of aryl methyl sites for hydroxylation is 1. The van der Waals surface area contributed by atoms with Crippen LogP contribution in [0.15, 0.2) is 23.6 Å². The van der Waals surface area contributed by atoms with Crippen molar-refractivity contribution < 1.29 is 5.21 Å². The number of amidine groups is 1. The number of anilines is 1. The van der Waals surface area contributed by atoms with Crippen LogP contribution in [0, 0.1) is 6.92 Å². The van der Waals surface area contributed by atoms with Gasteiger partial charge in [0.25, 0.3) is 0 Å². The molecule has 0 aliphatic carbocycles. The van der Waals surface area contributed by atoms with Crippen LogP contribution < -0.4 is 10.6 Å². The van der Waals surface area contributed by atoms with Gasteiger partial charge in [-0.1, -0.05) is 5.16 Å². The Hall–Kier alpha value is -2.31. The van der Waals surface area contributed by atoms with Crippen LogP contribution in [0.25, 0.3) is 5.52 Å². The Morgan fingerprint density at radius 1 is 1.63 bits per heavy atom. The van der Waals surface area contributed by atoms with E-state index in [-0.39, 0.29) is 11.9 Å². The second-order valence-electron chi connectivity index (χ2n) is 4.62. The number of nitrogens with two attached hydrogens (primary N) is 1. The number of oxime groups is 1. The van der Waals surface area contributed by atoms with Gasteiger partial charge in [0.05, 0.1) is 5.69 Å². The molecular weight excluding hydrogens is 244 g/mol. The summed E-state index contributed by atoms with van der Waals surface area (Å²) in [5, 5.41) is 16.0. The molecule has 0 bridgehead atoms. The highest BCUT2D eigenvalue weighted by Gasteiger charge is 2.16. The van der Waals surface area contributed by atoms with Gasteiger partial charge in [0, 0.05) is 31.9 Å². The first kappa shape index (κ1) is 13.1. The molecule has 19 heavy (non-hydrogen) atoms. The summed E-state index contributed by atoms with van der Waals surface area (Å²) in [6.45, 7) is 3.93. The molecule has 102 valence electrons. The average molecular weight is 262 g/mol. The quantitative estimate of drug-likeness (QED) is 0.371. The standard InChI is InChI=1S/C12H18N6O/c1-8-6-10-12(14-4-5-18(10)15-8)17(3)9(2)7-11(13)16-19/h4-6,9,19H,7H2,1-3H3,(H2,13,16). The van der Waals surface area contributed by atoms with Crippen LogP contribution in [0.3, 0.4) is 0 Å². The van der Waals surface area contributed by atoms with Crippen molar-refractivity contribution >= 4 is 17.2 Å². The summed E-state index contributed by atoms with van der Waals surface area (Å²) in [6.07, 6.45) is 3.98.